The lowest BCUT2D eigenvalue weighted by atomic mass is 9.93. The van der Waals surface area contributed by atoms with Crippen molar-refractivity contribution in [3.63, 3.8) is 0 Å². The lowest BCUT2D eigenvalue weighted by Gasteiger charge is -2.35. The van der Waals surface area contributed by atoms with Crippen LogP contribution in [0.5, 0.6) is 11.5 Å². The summed E-state index contributed by atoms with van der Waals surface area (Å²) in [6.45, 7) is 2.31. The van der Waals surface area contributed by atoms with Gasteiger partial charge in [0.05, 0.1) is 25.8 Å². The molecule has 150 valence electrons. The number of carbonyl (C=O) groups is 1. The van der Waals surface area contributed by atoms with E-state index in [1.807, 2.05) is 19.1 Å². The maximum Gasteiger partial charge on any atom is 0.416 e. The molecule has 0 saturated heterocycles. The number of halogens is 3. The monoisotopic (exact) mass is 394 g/mol. The Morgan fingerprint density at radius 1 is 1.14 bits per heavy atom. The van der Waals surface area contributed by atoms with E-state index >= 15 is 0 Å². The van der Waals surface area contributed by atoms with Crippen LogP contribution in [0.2, 0.25) is 0 Å². The average molecular weight is 394 g/mol. The summed E-state index contributed by atoms with van der Waals surface area (Å²) >= 11 is 0. The third kappa shape index (κ3) is 3.85. The summed E-state index contributed by atoms with van der Waals surface area (Å²) in [7, 11) is 3.10. The van der Waals surface area contributed by atoms with Gasteiger partial charge in [0.25, 0.3) is 0 Å². The number of nitrogens with one attached hydrogen (secondary N) is 1. The van der Waals surface area contributed by atoms with Gasteiger partial charge in [-0.15, -0.1) is 0 Å². The van der Waals surface area contributed by atoms with Crippen LogP contribution in [-0.4, -0.2) is 31.7 Å². The van der Waals surface area contributed by atoms with Crippen molar-refractivity contribution in [2.45, 2.75) is 25.6 Å². The van der Waals surface area contributed by atoms with Gasteiger partial charge >= 0.3 is 12.2 Å². The second-order valence-electron chi connectivity index (χ2n) is 6.53. The molecule has 0 aliphatic carbocycles. The van der Waals surface area contributed by atoms with Crippen LogP contribution in [0, 0.1) is 0 Å². The zero-order chi connectivity index (χ0) is 20.5. The number of hydrogen-bond donors (Lipinski definition) is 1. The molecule has 3 rings (SSSR count). The molecule has 1 unspecified atom stereocenters. The summed E-state index contributed by atoms with van der Waals surface area (Å²) in [6.07, 6.45) is -3.86. The second-order valence-corrected chi connectivity index (χ2v) is 6.53. The van der Waals surface area contributed by atoms with Crippen LogP contribution in [0.15, 0.2) is 36.4 Å². The fourth-order valence-corrected chi connectivity index (χ4v) is 3.39. The molecule has 2 amide bonds. The number of alkyl halides is 3. The first-order valence-electron chi connectivity index (χ1n) is 8.74. The Hall–Kier alpha value is -2.90. The van der Waals surface area contributed by atoms with E-state index in [4.69, 9.17) is 9.47 Å². The summed E-state index contributed by atoms with van der Waals surface area (Å²) < 4.78 is 49.3. The van der Waals surface area contributed by atoms with Crippen LogP contribution in [-0.2, 0) is 12.6 Å². The van der Waals surface area contributed by atoms with Gasteiger partial charge in [-0.2, -0.15) is 13.2 Å². The minimum absolute atomic E-state index is 0.102. The highest BCUT2D eigenvalue weighted by molar-refractivity contribution is 5.90. The maximum absolute atomic E-state index is 12.9. The summed E-state index contributed by atoms with van der Waals surface area (Å²) in [5.74, 6) is 1.18. The van der Waals surface area contributed by atoms with E-state index in [0.717, 1.165) is 23.3 Å². The molecule has 2 aromatic carbocycles. The van der Waals surface area contributed by atoms with Crippen LogP contribution in [0.4, 0.5) is 23.7 Å². The number of ether oxygens (including phenoxy) is 2. The number of nitrogens with zero attached hydrogens (tertiary/aromatic N) is 1. The number of urea groups is 1. The van der Waals surface area contributed by atoms with Gasteiger partial charge < -0.3 is 19.7 Å². The van der Waals surface area contributed by atoms with Gasteiger partial charge in [-0.1, -0.05) is 6.07 Å². The van der Waals surface area contributed by atoms with Gasteiger partial charge in [0.2, 0.25) is 0 Å². The largest absolute Gasteiger partial charge is 0.493 e. The molecule has 1 N–H and O–H groups in total. The Labute approximate surface area is 161 Å². The number of amides is 2. The van der Waals surface area contributed by atoms with Crippen molar-refractivity contribution in [2.24, 2.45) is 0 Å². The SMILES string of the molecule is COc1cc2c(cc1OC)C(C)N(C(=O)Nc1cccc(C(F)(F)F)c1)CC2. The number of anilines is 1. The van der Waals surface area contributed by atoms with Crippen molar-refractivity contribution >= 4 is 11.7 Å². The van der Waals surface area contributed by atoms with Gasteiger partial charge in [0.1, 0.15) is 0 Å². The van der Waals surface area contributed by atoms with Crippen molar-refractivity contribution in [1.29, 1.82) is 0 Å². The van der Waals surface area contributed by atoms with Crippen molar-refractivity contribution in [3.05, 3.63) is 53.1 Å². The zero-order valence-electron chi connectivity index (χ0n) is 15.8. The molecular formula is C20H21F3N2O3. The Bertz CT molecular complexity index is 883. The highest BCUT2D eigenvalue weighted by Gasteiger charge is 2.32. The third-order valence-electron chi connectivity index (χ3n) is 4.89. The number of rotatable bonds is 3. The molecule has 5 nitrogen and oxygen atoms in total. The Balaban J connectivity index is 1.81. The lowest BCUT2D eigenvalue weighted by molar-refractivity contribution is -0.137. The summed E-state index contributed by atoms with van der Waals surface area (Å²) in [6, 6.07) is 7.61. The fourth-order valence-electron chi connectivity index (χ4n) is 3.39. The molecular weight excluding hydrogens is 373 g/mol. The molecule has 2 aromatic rings. The number of benzene rings is 2. The van der Waals surface area contributed by atoms with Gasteiger partial charge in [-0.25, -0.2) is 4.79 Å². The summed E-state index contributed by atoms with van der Waals surface area (Å²) in [5.41, 5.74) is 1.26. The Kier molecular flexibility index (Phi) is 5.40. The minimum atomic E-state index is -4.46. The van der Waals surface area contributed by atoms with E-state index in [2.05, 4.69) is 5.32 Å². The molecule has 0 saturated carbocycles. The standard InChI is InChI=1S/C20H21F3N2O3/c1-12-16-11-18(28-3)17(27-2)9-13(16)7-8-25(12)19(26)24-15-6-4-5-14(10-15)20(21,22)23/h4-6,9-12H,7-8H2,1-3H3,(H,24,26). The molecule has 0 bridgehead atoms. The molecule has 0 radical (unpaired) electrons. The van der Waals surface area contributed by atoms with Crippen LogP contribution < -0.4 is 14.8 Å². The molecule has 28 heavy (non-hydrogen) atoms. The molecule has 0 aromatic heterocycles. The topological polar surface area (TPSA) is 50.8 Å². The number of fused-ring (bicyclic) bond motifs is 1. The van der Waals surface area contributed by atoms with E-state index in [9.17, 15) is 18.0 Å². The quantitative estimate of drug-likeness (QED) is 0.808. The lowest BCUT2D eigenvalue weighted by Crippen LogP contribution is -2.41. The van der Waals surface area contributed by atoms with E-state index in [-0.39, 0.29) is 11.7 Å². The summed E-state index contributed by atoms with van der Waals surface area (Å²) in [5, 5.41) is 2.57. The third-order valence-corrected chi connectivity index (χ3v) is 4.89. The highest BCUT2D eigenvalue weighted by Crippen LogP contribution is 2.38. The van der Waals surface area contributed by atoms with Crippen molar-refractivity contribution in [1.82, 2.24) is 4.90 Å². The van der Waals surface area contributed by atoms with Gasteiger partial charge in [0, 0.05) is 12.2 Å². The van der Waals surface area contributed by atoms with E-state index in [1.165, 1.54) is 19.2 Å². The first-order valence-corrected chi connectivity index (χ1v) is 8.74. The molecule has 0 spiro atoms. The van der Waals surface area contributed by atoms with Crippen LogP contribution in [0.3, 0.4) is 0 Å². The zero-order valence-corrected chi connectivity index (χ0v) is 15.8. The van der Waals surface area contributed by atoms with E-state index in [0.29, 0.717) is 24.5 Å². The Morgan fingerprint density at radius 3 is 2.46 bits per heavy atom. The number of hydrogen-bond acceptors (Lipinski definition) is 3. The van der Waals surface area contributed by atoms with Crippen molar-refractivity contribution in [2.75, 3.05) is 26.1 Å². The second kappa shape index (κ2) is 7.61. The van der Waals surface area contributed by atoms with Crippen molar-refractivity contribution in [3.8, 4) is 11.5 Å². The predicted molar refractivity (Wildman–Crippen MR) is 98.8 cm³/mol. The molecule has 1 heterocycles. The predicted octanol–water partition coefficient (Wildman–Crippen LogP) is 4.87. The van der Waals surface area contributed by atoms with Gasteiger partial charge in [0.15, 0.2) is 11.5 Å². The molecule has 1 aliphatic heterocycles. The summed E-state index contributed by atoms with van der Waals surface area (Å²) in [4.78, 5) is 14.3. The first-order chi connectivity index (χ1) is 13.2. The molecule has 0 fully saturated rings. The average Bonchev–Trinajstić information content (AvgIpc) is 2.66. The fraction of sp³-hybridized carbons (Fsp3) is 0.350. The highest BCUT2D eigenvalue weighted by atomic mass is 19.4. The van der Waals surface area contributed by atoms with Crippen LogP contribution in [0.25, 0.3) is 0 Å². The normalized spacial score (nSPS) is 16.4. The number of methoxy groups -OCH3 is 2. The Morgan fingerprint density at radius 2 is 1.82 bits per heavy atom. The maximum atomic E-state index is 12.9. The van der Waals surface area contributed by atoms with Crippen LogP contribution >= 0.6 is 0 Å². The molecule has 1 atom stereocenters. The minimum Gasteiger partial charge on any atom is -0.493 e. The smallest absolute Gasteiger partial charge is 0.416 e. The van der Waals surface area contributed by atoms with Gasteiger partial charge in [-0.3, -0.25) is 0 Å². The van der Waals surface area contributed by atoms with E-state index in [1.54, 1.807) is 12.0 Å². The van der Waals surface area contributed by atoms with Crippen molar-refractivity contribution < 1.29 is 27.4 Å². The molecule has 1 aliphatic rings. The molecule has 8 heteroatoms. The number of carbonyl (C=O) groups excluding carboxylic acids is 1. The first kappa shape index (κ1) is 19.9. The van der Waals surface area contributed by atoms with Gasteiger partial charge in [-0.05, 0) is 54.8 Å². The van der Waals surface area contributed by atoms with E-state index < -0.39 is 17.8 Å². The van der Waals surface area contributed by atoms with Crippen LogP contribution in [0.1, 0.15) is 29.7 Å².